The van der Waals surface area contributed by atoms with Crippen molar-refractivity contribution in [1.82, 2.24) is 45.3 Å². The maximum atomic E-state index is 5.20. The van der Waals surface area contributed by atoms with Gasteiger partial charge in [0.1, 0.15) is 11.5 Å². The molecular formula is C38H40N10. The molecule has 6 heterocycles. The van der Waals surface area contributed by atoms with E-state index in [0.717, 1.165) is 96.4 Å². The maximum Gasteiger partial charge on any atom is 0.227 e. The molecule has 2 aliphatic heterocycles. The van der Waals surface area contributed by atoms with Crippen LogP contribution in [0.25, 0.3) is 44.9 Å². The van der Waals surface area contributed by atoms with Gasteiger partial charge >= 0.3 is 0 Å². The second-order valence-corrected chi connectivity index (χ2v) is 13.2. The monoisotopic (exact) mass is 636 g/mol. The van der Waals surface area contributed by atoms with E-state index < -0.39 is 0 Å². The third kappa shape index (κ3) is 6.28. The highest BCUT2D eigenvalue weighted by Crippen LogP contribution is 2.34. The summed E-state index contributed by atoms with van der Waals surface area (Å²) in [4.78, 5) is 29.0. The molecule has 48 heavy (non-hydrogen) atoms. The number of nitrogens with zero attached hydrogens (tertiary/aromatic N) is 8. The van der Waals surface area contributed by atoms with Gasteiger partial charge in [-0.05, 0) is 69.1 Å². The molecule has 2 aliphatic rings. The van der Waals surface area contributed by atoms with Crippen LogP contribution in [0.1, 0.15) is 44.0 Å². The summed E-state index contributed by atoms with van der Waals surface area (Å²) in [5, 5.41) is 12.1. The van der Waals surface area contributed by atoms with Gasteiger partial charge < -0.3 is 10.2 Å². The van der Waals surface area contributed by atoms with E-state index in [1.807, 2.05) is 30.5 Å². The first-order valence-corrected chi connectivity index (χ1v) is 17.0. The second kappa shape index (κ2) is 13.2. The number of piperazine rings is 1. The van der Waals surface area contributed by atoms with Crippen molar-refractivity contribution in [3.63, 3.8) is 0 Å². The van der Waals surface area contributed by atoms with Crippen LogP contribution in [0.4, 0.5) is 5.95 Å². The molecule has 2 aromatic carbocycles. The van der Waals surface area contributed by atoms with Crippen LogP contribution in [0.5, 0.6) is 0 Å². The first-order valence-electron chi connectivity index (χ1n) is 17.0. The number of H-pyrrole nitrogens is 1. The minimum absolute atomic E-state index is 0.312. The van der Waals surface area contributed by atoms with Crippen LogP contribution in [-0.4, -0.2) is 78.3 Å². The highest BCUT2D eigenvalue weighted by molar-refractivity contribution is 5.90. The fourth-order valence-electron chi connectivity index (χ4n) is 6.91. The predicted octanol–water partition coefficient (Wildman–Crippen LogP) is 6.11. The molecule has 10 heteroatoms. The largest absolute Gasteiger partial charge is 0.335 e. The molecule has 4 aromatic heterocycles. The predicted molar refractivity (Wildman–Crippen MR) is 189 cm³/mol. The van der Waals surface area contributed by atoms with E-state index in [1.165, 1.54) is 5.56 Å². The number of rotatable bonds is 7. The van der Waals surface area contributed by atoms with Crippen molar-refractivity contribution in [2.75, 3.05) is 31.1 Å². The molecule has 8 rings (SSSR count). The number of aromatic nitrogens is 7. The summed E-state index contributed by atoms with van der Waals surface area (Å²) < 4.78 is 0. The number of anilines is 1. The molecule has 2 unspecified atom stereocenters. The van der Waals surface area contributed by atoms with Crippen LogP contribution in [0.3, 0.4) is 0 Å². The van der Waals surface area contributed by atoms with Gasteiger partial charge in [-0.3, -0.25) is 15.0 Å². The number of aromatic amines is 1. The van der Waals surface area contributed by atoms with E-state index >= 15 is 0 Å². The highest BCUT2D eigenvalue weighted by Gasteiger charge is 2.26. The molecule has 0 spiro atoms. The molecule has 2 fully saturated rings. The van der Waals surface area contributed by atoms with Crippen molar-refractivity contribution < 1.29 is 0 Å². The Balaban J connectivity index is 1.00. The number of hydrogen-bond donors (Lipinski definition) is 2. The molecular weight excluding hydrogens is 596 g/mol. The topological polar surface area (TPSA) is 112 Å². The van der Waals surface area contributed by atoms with Gasteiger partial charge in [0.25, 0.3) is 0 Å². The Morgan fingerprint density at radius 3 is 2.44 bits per heavy atom. The lowest BCUT2D eigenvalue weighted by atomic mass is 9.95. The summed E-state index contributed by atoms with van der Waals surface area (Å²) in [6.45, 7) is 9.14. The number of fused-ring (bicyclic) bond motifs is 1. The normalized spacial score (nSPS) is 19.2. The number of benzene rings is 2. The second-order valence-electron chi connectivity index (χ2n) is 13.2. The molecule has 2 saturated heterocycles. The van der Waals surface area contributed by atoms with E-state index in [1.54, 1.807) is 6.20 Å². The lowest BCUT2D eigenvalue weighted by Gasteiger charge is -2.37. The zero-order chi connectivity index (χ0) is 32.5. The van der Waals surface area contributed by atoms with Crippen molar-refractivity contribution in [2.45, 2.75) is 51.2 Å². The third-order valence-electron chi connectivity index (χ3n) is 9.67. The van der Waals surface area contributed by atoms with E-state index in [4.69, 9.17) is 19.9 Å². The number of nitrogens with one attached hydrogen (secondary N) is 2. The van der Waals surface area contributed by atoms with E-state index in [-0.39, 0.29) is 0 Å². The Morgan fingerprint density at radius 1 is 0.833 bits per heavy atom. The third-order valence-corrected chi connectivity index (χ3v) is 9.67. The first-order chi connectivity index (χ1) is 23.6. The SMILES string of the molecule is CC1CN(c2ncc3cc(-c4ccccc4)c(-c4ccc(CN5CCC(c6nc(-c7ccccn7)n[nH]6)CC5)cc4)nc3n2)C(C)CN1. The van der Waals surface area contributed by atoms with Gasteiger partial charge in [-0.2, -0.15) is 10.1 Å². The number of piperidine rings is 1. The van der Waals surface area contributed by atoms with Gasteiger partial charge in [-0.25, -0.2) is 15.0 Å². The van der Waals surface area contributed by atoms with Crippen molar-refractivity contribution in [3.8, 4) is 33.9 Å². The van der Waals surface area contributed by atoms with E-state index in [2.05, 4.69) is 98.7 Å². The molecule has 0 aliphatic carbocycles. The average molecular weight is 637 g/mol. The molecule has 2 atom stereocenters. The van der Waals surface area contributed by atoms with Gasteiger partial charge in [0.05, 0.1) is 5.69 Å². The van der Waals surface area contributed by atoms with Crippen LogP contribution in [0.15, 0.2) is 91.3 Å². The maximum absolute atomic E-state index is 5.20. The van der Waals surface area contributed by atoms with Gasteiger partial charge in [0.2, 0.25) is 5.95 Å². The average Bonchev–Trinajstić information content (AvgIpc) is 3.64. The Hall–Kier alpha value is -5.06. The molecule has 242 valence electrons. The fourth-order valence-corrected chi connectivity index (χ4v) is 6.91. The van der Waals surface area contributed by atoms with Crippen LogP contribution >= 0.6 is 0 Å². The number of hydrogen-bond acceptors (Lipinski definition) is 9. The van der Waals surface area contributed by atoms with Gasteiger partial charge in [0, 0.05) is 66.5 Å². The summed E-state index contributed by atoms with van der Waals surface area (Å²) >= 11 is 0. The Bertz CT molecular complexity index is 1990. The summed E-state index contributed by atoms with van der Waals surface area (Å²) in [7, 11) is 0. The van der Waals surface area contributed by atoms with Gasteiger partial charge in [0.15, 0.2) is 11.5 Å². The van der Waals surface area contributed by atoms with Crippen molar-refractivity contribution in [2.24, 2.45) is 0 Å². The molecule has 0 radical (unpaired) electrons. The molecule has 6 aromatic rings. The van der Waals surface area contributed by atoms with Crippen LogP contribution in [-0.2, 0) is 6.54 Å². The first kappa shape index (κ1) is 30.3. The van der Waals surface area contributed by atoms with Crippen LogP contribution in [0, 0.1) is 0 Å². The summed E-state index contributed by atoms with van der Waals surface area (Å²) in [5.74, 6) is 2.75. The fraction of sp³-hybridized carbons (Fsp3) is 0.316. The minimum atomic E-state index is 0.312. The number of pyridine rings is 2. The lowest BCUT2D eigenvalue weighted by Crippen LogP contribution is -2.55. The zero-order valence-electron chi connectivity index (χ0n) is 27.4. The molecule has 0 saturated carbocycles. The van der Waals surface area contributed by atoms with Crippen LogP contribution in [0.2, 0.25) is 0 Å². The Kier molecular flexibility index (Phi) is 8.34. The summed E-state index contributed by atoms with van der Waals surface area (Å²) in [5.41, 5.74) is 7.04. The molecule has 10 nitrogen and oxygen atoms in total. The van der Waals surface area contributed by atoms with E-state index in [9.17, 15) is 0 Å². The zero-order valence-corrected chi connectivity index (χ0v) is 27.4. The molecule has 2 N–H and O–H groups in total. The lowest BCUT2D eigenvalue weighted by molar-refractivity contribution is 0.202. The smallest absolute Gasteiger partial charge is 0.227 e. The van der Waals surface area contributed by atoms with E-state index in [0.29, 0.717) is 23.8 Å². The van der Waals surface area contributed by atoms with Gasteiger partial charge in [-0.15, -0.1) is 0 Å². The minimum Gasteiger partial charge on any atom is -0.335 e. The Morgan fingerprint density at radius 2 is 1.65 bits per heavy atom. The van der Waals surface area contributed by atoms with Crippen LogP contribution < -0.4 is 10.2 Å². The molecule has 0 bridgehead atoms. The number of likely N-dealkylation sites (tertiary alicyclic amines) is 1. The summed E-state index contributed by atoms with van der Waals surface area (Å²) in [6.07, 6.45) is 5.79. The summed E-state index contributed by atoms with van der Waals surface area (Å²) in [6, 6.07) is 28.1. The van der Waals surface area contributed by atoms with Crippen molar-refractivity contribution >= 4 is 17.0 Å². The standard InChI is InChI=1S/C38H40N10/c1-25-23-48(26(2)21-40-25)38-41-22-31-20-32(28-8-4-3-5-9-28)34(42-35(31)44-38)29-13-11-27(12-14-29)24-47-18-15-30(16-19-47)36-43-37(46-45-36)33-10-6-7-17-39-33/h3-14,17,20,22,25-26,30,40H,15-16,18-19,21,23-24H2,1-2H3,(H,43,45,46). The highest BCUT2D eigenvalue weighted by atomic mass is 15.3. The van der Waals surface area contributed by atoms with Crippen molar-refractivity contribution in [1.29, 1.82) is 0 Å². The quantitative estimate of drug-likeness (QED) is 0.215. The van der Waals surface area contributed by atoms with Gasteiger partial charge in [-0.1, -0.05) is 60.7 Å². The Labute approximate surface area is 280 Å². The molecule has 0 amide bonds. The van der Waals surface area contributed by atoms with Crippen molar-refractivity contribution in [3.05, 3.63) is 103 Å².